The van der Waals surface area contributed by atoms with Crippen molar-refractivity contribution in [2.75, 3.05) is 14.2 Å². The van der Waals surface area contributed by atoms with Crippen LogP contribution in [0.2, 0.25) is 0 Å². The number of rotatable bonds is 6. The fourth-order valence-corrected chi connectivity index (χ4v) is 2.20. The van der Waals surface area contributed by atoms with Crippen LogP contribution < -0.4 is 20.7 Å². The number of benzene rings is 1. The SMILES string of the molecule is COc1cccc(C(Cc2cccnc2)NN)c1OC. The molecule has 1 unspecified atom stereocenters. The van der Waals surface area contributed by atoms with Crippen LogP contribution in [0.4, 0.5) is 0 Å². The molecule has 0 aliphatic rings. The molecule has 0 saturated carbocycles. The predicted octanol–water partition coefficient (Wildman–Crippen LogP) is 1.85. The van der Waals surface area contributed by atoms with Gasteiger partial charge in [0.2, 0.25) is 0 Å². The third-order valence-corrected chi connectivity index (χ3v) is 3.17. The number of aromatic nitrogens is 1. The Bertz CT molecular complexity index is 546. The summed E-state index contributed by atoms with van der Waals surface area (Å²) in [6, 6.07) is 9.60. The number of ether oxygens (including phenoxy) is 2. The normalized spacial score (nSPS) is 11.9. The van der Waals surface area contributed by atoms with Crippen molar-refractivity contribution in [3.63, 3.8) is 0 Å². The Hall–Kier alpha value is -2.11. The number of nitrogens with one attached hydrogen (secondary N) is 1. The maximum atomic E-state index is 5.70. The minimum absolute atomic E-state index is 0.0794. The molecule has 5 nitrogen and oxygen atoms in total. The van der Waals surface area contributed by atoms with Crippen LogP contribution >= 0.6 is 0 Å². The van der Waals surface area contributed by atoms with Crippen molar-refractivity contribution in [3.05, 3.63) is 53.9 Å². The van der Waals surface area contributed by atoms with Crippen LogP contribution in [0.15, 0.2) is 42.7 Å². The van der Waals surface area contributed by atoms with Gasteiger partial charge in [0.1, 0.15) is 0 Å². The molecular weight excluding hydrogens is 254 g/mol. The van der Waals surface area contributed by atoms with E-state index < -0.39 is 0 Å². The Morgan fingerprint density at radius 2 is 2.05 bits per heavy atom. The smallest absolute Gasteiger partial charge is 0.165 e. The lowest BCUT2D eigenvalue weighted by Gasteiger charge is -2.20. The summed E-state index contributed by atoms with van der Waals surface area (Å²) >= 11 is 0. The van der Waals surface area contributed by atoms with Crippen molar-refractivity contribution in [3.8, 4) is 11.5 Å². The Kier molecular flexibility index (Phi) is 4.92. The highest BCUT2D eigenvalue weighted by Crippen LogP contribution is 2.35. The van der Waals surface area contributed by atoms with Crippen LogP contribution in [-0.4, -0.2) is 19.2 Å². The van der Waals surface area contributed by atoms with Gasteiger partial charge in [-0.05, 0) is 24.1 Å². The summed E-state index contributed by atoms with van der Waals surface area (Å²) in [6.07, 6.45) is 4.30. The first-order valence-corrected chi connectivity index (χ1v) is 6.36. The molecule has 3 N–H and O–H groups in total. The predicted molar refractivity (Wildman–Crippen MR) is 77.6 cm³/mol. The summed E-state index contributed by atoms with van der Waals surface area (Å²) in [7, 11) is 3.24. The molecule has 2 aromatic rings. The minimum Gasteiger partial charge on any atom is -0.493 e. The van der Waals surface area contributed by atoms with Crippen molar-refractivity contribution >= 4 is 0 Å². The van der Waals surface area contributed by atoms with E-state index >= 15 is 0 Å². The maximum Gasteiger partial charge on any atom is 0.165 e. The molecule has 1 aromatic heterocycles. The van der Waals surface area contributed by atoms with Crippen molar-refractivity contribution in [1.29, 1.82) is 0 Å². The Balaban J connectivity index is 2.32. The lowest BCUT2D eigenvalue weighted by molar-refractivity contribution is 0.346. The molecule has 1 atom stereocenters. The average molecular weight is 273 g/mol. The van der Waals surface area contributed by atoms with Gasteiger partial charge in [0.25, 0.3) is 0 Å². The molecule has 1 heterocycles. The Morgan fingerprint density at radius 1 is 1.20 bits per heavy atom. The van der Waals surface area contributed by atoms with Gasteiger partial charge in [-0.2, -0.15) is 0 Å². The molecule has 0 spiro atoms. The Labute approximate surface area is 118 Å². The van der Waals surface area contributed by atoms with Crippen LogP contribution in [0.3, 0.4) is 0 Å². The van der Waals surface area contributed by atoms with E-state index in [1.165, 1.54) is 0 Å². The second-order valence-electron chi connectivity index (χ2n) is 4.37. The van der Waals surface area contributed by atoms with E-state index in [-0.39, 0.29) is 6.04 Å². The third kappa shape index (κ3) is 3.07. The monoisotopic (exact) mass is 273 g/mol. The van der Waals surface area contributed by atoms with Gasteiger partial charge >= 0.3 is 0 Å². The largest absolute Gasteiger partial charge is 0.493 e. The standard InChI is InChI=1S/C15H19N3O2/c1-19-14-7-3-6-12(15(14)20-2)13(18-16)9-11-5-4-8-17-10-11/h3-8,10,13,18H,9,16H2,1-2H3. The number of para-hydroxylation sites is 1. The number of nitrogens with two attached hydrogens (primary N) is 1. The molecule has 2 rings (SSSR count). The van der Waals surface area contributed by atoms with Crippen LogP contribution in [-0.2, 0) is 6.42 Å². The van der Waals surface area contributed by atoms with Crippen molar-refractivity contribution in [2.45, 2.75) is 12.5 Å². The second-order valence-corrected chi connectivity index (χ2v) is 4.37. The average Bonchev–Trinajstić information content (AvgIpc) is 2.52. The van der Waals surface area contributed by atoms with Gasteiger partial charge in [-0.3, -0.25) is 16.3 Å². The highest BCUT2D eigenvalue weighted by Gasteiger charge is 2.18. The lowest BCUT2D eigenvalue weighted by Crippen LogP contribution is -2.30. The van der Waals surface area contributed by atoms with E-state index in [1.54, 1.807) is 20.4 Å². The van der Waals surface area contributed by atoms with Crippen molar-refractivity contribution in [1.82, 2.24) is 10.4 Å². The summed E-state index contributed by atoms with van der Waals surface area (Å²) < 4.78 is 10.8. The summed E-state index contributed by atoms with van der Waals surface area (Å²) in [5.74, 6) is 7.09. The summed E-state index contributed by atoms with van der Waals surface area (Å²) in [6.45, 7) is 0. The summed E-state index contributed by atoms with van der Waals surface area (Å²) in [5.41, 5.74) is 4.88. The molecule has 0 bridgehead atoms. The molecule has 20 heavy (non-hydrogen) atoms. The zero-order valence-electron chi connectivity index (χ0n) is 11.7. The first kappa shape index (κ1) is 14.3. The van der Waals surface area contributed by atoms with Gasteiger partial charge in [0.05, 0.1) is 20.3 Å². The molecule has 0 fully saturated rings. The molecular formula is C15H19N3O2. The van der Waals surface area contributed by atoms with Crippen molar-refractivity contribution in [2.24, 2.45) is 5.84 Å². The van der Waals surface area contributed by atoms with E-state index in [9.17, 15) is 0 Å². The number of pyridine rings is 1. The Morgan fingerprint density at radius 3 is 2.65 bits per heavy atom. The van der Waals surface area contributed by atoms with Crippen LogP contribution in [0.5, 0.6) is 11.5 Å². The van der Waals surface area contributed by atoms with Crippen LogP contribution in [0.1, 0.15) is 17.2 Å². The van der Waals surface area contributed by atoms with E-state index in [1.807, 2.05) is 36.5 Å². The number of hydrogen-bond acceptors (Lipinski definition) is 5. The highest BCUT2D eigenvalue weighted by molar-refractivity contribution is 5.48. The molecule has 5 heteroatoms. The first-order chi connectivity index (χ1) is 9.80. The van der Waals surface area contributed by atoms with Crippen LogP contribution in [0.25, 0.3) is 0 Å². The third-order valence-electron chi connectivity index (χ3n) is 3.17. The van der Waals surface area contributed by atoms with E-state index in [2.05, 4.69) is 10.4 Å². The zero-order chi connectivity index (χ0) is 14.4. The molecule has 0 saturated heterocycles. The van der Waals surface area contributed by atoms with Gasteiger partial charge in [0, 0.05) is 18.0 Å². The number of hydrogen-bond donors (Lipinski definition) is 2. The van der Waals surface area contributed by atoms with E-state index in [0.29, 0.717) is 17.9 Å². The van der Waals surface area contributed by atoms with Crippen molar-refractivity contribution < 1.29 is 9.47 Å². The fourth-order valence-electron chi connectivity index (χ4n) is 2.20. The lowest BCUT2D eigenvalue weighted by atomic mass is 9.99. The van der Waals surface area contributed by atoms with Gasteiger partial charge < -0.3 is 9.47 Å². The number of methoxy groups -OCH3 is 2. The second kappa shape index (κ2) is 6.88. The molecule has 0 radical (unpaired) electrons. The van der Waals surface area contributed by atoms with Crippen LogP contribution in [0, 0.1) is 0 Å². The first-order valence-electron chi connectivity index (χ1n) is 6.36. The summed E-state index contributed by atoms with van der Waals surface area (Å²) in [4.78, 5) is 4.12. The fraction of sp³-hybridized carbons (Fsp3) is 0.267. The number of nitrogens with zero attached hydrogens (tertiary/aromatic N) is 1. The topological polar surface area (TPSA) is 69.4 Å². The number of hydrazine groups is 1. The van der Waals surface area contributed by atoms with E-state index in [0.717, 1.165) is 11.1 Å². The minimum atomic E-state index is -0.0794. The quantitative estimate of drug-likeness (QED) is 0.621. The van der Waals surface area contributed by atoms with Gasteiger partial charge in [-0.25, -0.2) is 0 Å². The molecule has 0 aliphatic heterocycles. The van der Waals surface area contributed by atoms with E-state index in [4.69, 9.17) is 15.3 Å². The molecule has 0 aliphatic carbocycles. The highest BCUT2D eigenvalue weighted by atomic mass is 16.5. The molecule has 1 aromatic carbocycles. The molecule has 0 amide bonds. The maximum absolute atomic E-state index is 5.70. The van der Waals surface area contributed by atoms with Gasteiger partial charge in [0.15, 0.2) is 11.5 Å². The van der Waals surface area contributed by atoms with Gasteiger partial charge in [-0.15, -0.1) is 0 Å². The molecule has 106 valence electrons. The van der Waals surface area contributed by atoms with Gasteiger partial charge in [-0.1, -0.05) is 18.2 Å². The summed E-state index contributed by atoms with van der Waals surface area (Å²) in [5, 5.41) is 0. The zero-order valence-corrected chi connectivity index (χ0v) is 11.7.